The van der Waals surface area contributed by atoms with Crippen molar-refractivity contribution in [1.82, 2.24) is 10.3 Å². The van der Waals surface area contributed by atoms with Crippen LogP contribution in [0.3, 0.4) is 0 Å². The number of hydrogen-bond acceptors (Lipinski definition) is 2. The summed E-state index contributed by atoms with van der Waals surface area (Å²) in [6.45, 7) is 4.49. The molecular weight excluding hydrogens is 220 g/mol. The third-order valence-electron chi connectivity index (χ3n) is 4.19. The minimum absolute atomic E-state index is 0.843. The summed E-state index contributed by atoms with van der Waals surface area (Å²) in [4.78, 5) is 4.25. The van der Waals surface area contributed by atoms with E-state index >= 15 is 0 Å². The van der Waals surface area contributed by atoms with Gasteiger partial charge in [-0.25, -0.2) is 0 Å². The van der Waals surface area contributed by atoms with E-state index in [1.807, 2.05) is 12.4 Å². The van der Waals surface area contributed by atoms with Crippen molar-refractivity contribution in [1.29, 1.82) is 0 Å². The monoisotopic (exact) mass is 246 g/mol. The second-order valence-corrected chi connectivity index (χ2v) is 5.53. The summed E-state index contributed by atoms with van der Waals surface area (Å²) in [5, 5.41) is 3.55. The minimum atomic E-state index is 0.843. The topological polar surface area (TPSA) is 24.9 Å². The summed E-state index contributed by atoms with van der Waals surface area (Å²) in [6.07, 6.45) is 12.2. The van der Waals surface area contributed by atoms with E-state index in [1.54, 1.807) is 0 Å². The van der Waals surface area contributed by atoms with E-state index in [4.69, 9.17) is 0 Å². The van der Waals surface area contributed by atoms with Crippen LogP contribution in [0.1, 0.15) is 44.6 Å². The SMILES string of the molecule is CCNCC1CCCCCC1Cc1cccnc1. The van der Waals surface area contributed by atoms with Gasteiger partial charge in [-0.05, 0) is 55.8 Å². The molecule has 0 amide bonds. The standard InChI is InChI=1S/C16H26N2/c1-2-17-13-16-9-5-3-4-8-15(16)11-14-7-6-10-18-12-14/h6-7,10,12,15-17H,2-5,8-9,11,13H2,1H3. The Kier molecular flexibility index (Phi) is 5.66. The summed E-state index contributed by atoms with van der Waals surface area (Å²) in [5.74, 6) is 1.70. The Morgan fingerprint density at radius 3 is 2.78 bits per heavy atom. The number of nitrogens with zero attached hydrogens (tertiary/aromatic N) is 1. The van der Waals surface area contributed by atoms with Gasteiger partial charge in [0, 0.05) is 12.4 Å². The fourth-order valence-electron chi connectivity index (χ4n) is 3.15. The van der Waals surface area contributed by atoms with Gasteiger partial charge in [-0.2, -0.15) is 0 Å². The highest BCUT2D eigenvalue weighted by molar-refractivity contribution is 5.09. The second kappa shape index (κ2) is 7.52. The zero-order valence-corrected chi connectivity index (χ0v) is 11.6. The van der Waals surface area contributed by atoms with E-state index in [0.717, 1.165) is 18.4 Å². The van der Waals surface area contributed by atoms with Gasteiger partial charge in [-0.1, -0.05) is 32.3 Å². The summed E-state index contributed by atoms with van der Waals surface area (Å²) in [5.41, 5.74) is 1.41. The van der Waals surface area contributed by atoms with Crippen LogP contribution in [-0.4, -0.2) is 18.1 Å². The lowest BCUT2D eigenvalue weighted by Gasteiger charge is -2.25. The van der Waals surface area contributed by atoms with Gasteiger partial charge >= 0.3 is 0 Å². The van der Waals surface area contributed by atoms with E-state index in [-0.39, 0.29) is 0 Å². The largest absolute Gasteiger partial charge is 0.317 e. The second-order valence-electron chi connectivity index (χ2n) is 5.53. The van der Waals surface area contributed by atoms with Gasteiger partial charge in [0.25, 0.3) is 0 Å². The van der Waals surface area contributed by atoms with Gasteiger partial charge in [0.15, 0.2) is 0 Å². The van der Waals surface area contributed by atoms with Gasteiger partial charge in [-0.15, -0.1) is 0 Å². The quantitative estimate of drug-likeness (QED) is 0.805. The highest BCUT2D eigenvalue weighted by Crippen LogP contribution is 2.30. The molecule has 2 unspecified atom stereocenters. The number of pyridine rings is 1. The highest BCUT2D eigenvalue weighted by Gasteiger charge is 2.23. The predicted molar refractivity (Wildman–Crippen MR) is 76.5 cm³/mol. The molecule has 1 aromatic heterocycles. The van der Waals surface area contributed by atoms with Crippen LogP contribution in [0, 0.1) is 11.8 Å². The van der Waals surface area contributed by atoms with Crippen molar-refractivity contribution in [2.45, 2.75) is 45.4 Å². The van der Waals surface area contributed by atoms with Crippen molar-refractivity contribution in [3.8, 4) is 0 Å². The van der Waals surface area contributed by atoms with Gasteiger partial charge in [0.2, 0.25) is 0 Å². The van der Waals surface area contributed by atoms with Crippen molar-refractivity contribution in [3.05, 3.63) is 30.1 Å². The Labute approximate surface area is 111 Å². The molecule has 1 saturated carbocycles. The lowest BCUT2D eigenvalue weighted by Crippen LogP contribution is -2.28. The average molecular weight is 246 g/mol. The van der Waals surface area contributed by atoms with Crippen LogP contribution in [0.15, 0.2) is 24.5 Å². The molecule has 2 heteroatoms. The molecule has 1 aliphatic carbocycles. The zero-order valence-electron chi connectivity index (χ0n) is 11.6. The molecule has 1 heterocycles. The highest BCUT2D eigenvalue weighted by atomic mass is 14.8. The van der Waals surface area contributed by atoms with Gasteiger partial charge in [-0.3, -0.25) is 4.98 Å². The maximum absolute atomic E-state index is 4.25. The minimum Gasteiger partial charge on any atom is -0.317 e. The van der Waals surface area contributed by atoms with E-state index < -0.39 is 0 Å². The first kappa shape index (κ1) is 13.5. The van der Waals surface area contributed by atoms with E-state index in [0.29, 0.717) is 0 Å². The van der Waals surface area contributed by atoms with Crippen molar-refractivity contribution >= 4 is 0 Å². The number of nitrogens with one attached hydrogen (secondary N) is 1. The molecule has 1 aromatic rings. The van der Waals surface area contributed by atoms with Crippen LogP contribution >= 0.6 is 0 Å². The fourth-order valence-corrected chi connectivity index (χ4v) is 3.15. The molecule has 1 aliphatic rings. The van der Waals surface area contributed by atoms with Crippen molar-refractivity contribution in [2.24, 2.45) is 11.8 Å². The molecule has 0 spiro atoms. The molecule has 0 bridgehead atoms. The normalized spacial score (nSPS) is 24.7. The van der Waals surface area contributed by atoms with Crippen LogP contribution in [0.25, 0.3) is 0 Å². The molecule has 2 rings (SSSR count). The van der Waals surface area contributed by atoms with Gasteiger partial charge in [0.05, 0.1) is 0 Å². The lowest BCUT2D eigenvalue weighted by molar-refractivity contribution is 0.299. The molecule has 1 N–H and O–H groups in total. The molecule has 0 aliphatic heterocycles. The molecule has 0 aromatic carbocycles. The van der Waals surface area contributed by atoms with Gasteiger partial charge < -0.3 is 5.32 Å². The Bertz CT molecular complexity index is 323. The van der Waals surface area contributed by atoms with Crippen LogP contribution in [-0.2, 0) is 6.42 Å². The predicted octanol–water partition coefficient (Wildman–Crippen LogP) is 3.43. The number of hydrogen-bond donors (Lipinski definition) is 1. The molecule has 1 fully saturated rings. The van der Waals surface area contributed by atoms with Crippen LogP contribution in [0.4, 0.5) is 0 Å². The van der Waals surface area contributed by atoms with E-state index in [2.05, 4.69) is 29.4 Å². The third kappa shape index (κ3) is 4.09. The summed E-state index contributed by atoms with van der Waals surface area (Å²) >= 11 is 0. The Morgan fingerprint density at radius 2 is 2.06 bits per heavy atom. The van der Waals surface area contributed by atoms with Crippen LogP contribution in [0.5, 0.6) is 0 Å². The zero-order chi connectivity index (χ0) is 12.6. The lowest BCUT2D eigenvalue weighted by atomic mass is 9.83. The average Bonchev–Trinajstić information content (AvgIpc) is 2.63. The van der Waals surface area contributed by atoms with Crippen molar-refractivity contribution in [3.63, 3.8) is 0 Å². The first-order chi connectivity index (χ1) is 8.90. The molecule has 18 heavy (non-hydrogen) atoms. The molecular formula is C16H26N2. The third-order valence-corrected chi connectivity index (χ3v) is 4.19. The van der Waals surface area contributed by atoms with E-state index in [9.17, 15) is 0 Å². The summed E-state index contributed by atoms with van der Waals surface area (Å²) in [7, 11) is 0. The maximum atomic E-state index is 4.25. The smallest absolute Gasteiger partial charge is 0.0299 e. The molecule has 2 atom stereocenters. The molecule has 100 valence electrons. The summed E-state index contributed by atoms with van der Waals surface area (Å²) < 4.78 is 0. The van der Waals surface area contributed by atoms with Crippen LogP contribution < -0.4 is 5.32 Å². The Hall–Kier alpha value is -0.890. The number of rotatable bonds is 5. The first-order valence-electron chi connectivity index (χ1n) is 7.49. The first-order valence-corrected chi connectivity index (χ1v) is 7.49. The van der Waals surface area contributed by atoms with Crippen LogP contribution in [0.2, 0.25) is 0 Å². The fraction of sp³-hybridized carbons (Fsp3) is 0.688. The van der Waals surface area contributed by atoms with E-state index in [1.165, 1.54) is 50.6 Å². The molecule has 0 saturated heterocycles. The maximum Gasteiger partial charge on any atom is 0.0299 e. The van der Waals surface area contributed by atoms with Crippen molar-refractivity contribution < 1.29 is 0 Å². The Balaban J connectivity index is 1.96. The Morgan fingerprint density at radius 1 is 1.22 bits per heavy atom. The summed E-state index contributed by atoms with van der Waals surface area (Å²) in [6, 6.07) is 4.29. The molecule has 0 radical (unpaired) electrons. The molecule has 2 nitrogen and oxygen atoms in total. The van der Waals surface area contributed by atoms with Crippen molar-refractivity contribution in [2.75, 3.05) is 13.1 Å². The van der Waals surface area contributed by atoms with Gasteiger partial charge in [0.1, 0.15) is 0 Å². The number of aromatic nitrogens is 1.